The first kappa shape index (κ1) is 20.1. The van der Waals surface area contributed by atoms with Crippen molar-refractivity contribution in [1.29, 1.82) is 0 Å². The van der Waals surface area contributed by atoms with Gasteiger partial charge in [-0.2, -0.15) is 0 Å². The fourth-order valence-corrected chi connectivity index (χ4v) is 4.47. The predicted molar refractivity (Wildman–Crippen MR) is 111 cm³/mol. The van der Waals surface area contributed by atoms with E-state index in [9.17, 15) is 4.39 Å². The normalized spacial score (nSPS) is 20.0. The molecule has 1 aliphatic rings. The summed E-state index contributed by atoms with van der Waals surface area (Å²) in [6, 6.07) is 14.0. The number of aliphatic hydroxyl groups excluding tert-OH is 1. The SMILES string of the molecule is CCCCCC1CCC(c2ccc(-c3ccc(CCO)c(F)c3)cc2)CC1. The van der Waals surface area contributed by atoms with E-state index < -0.39 is 0 Å². The van der Waals surface area contributed by atoms with Crippen molar-refractivity contribution in [1.82, 2.24) is 0 Å². The molecule has 3 rings (SSSR count). The van der Waals surface area contributed by atoms with E-state index >= 15 is 0 Å². The van der Waals surface area contributed by atoms with Crippen molar-refractivity contribution in [2.24, 2.45) is 5.92 Å². The van der Waals surface area contributed by atoms with Crippen molar-refractivity contribution in [3.8, 4) is 11.1 Å². The predicted octanol–water partition coefficient (Wildman–Crippen LogP) is 6.88. The molecule has 2 aromatic rings. The molecule has 1 saturated carbocycles. The molecule has 1 fully saturated rings. The van der Waals surface area contributed by atoms with E-state index in [1.165, 1.54) is 56.9 Å². The highest BCUT2D eigenvalue weighted by Crippen LogP contribution is 2.38. The number of halogens is 1. The maximum atomic E-state index is 14.1. The van der Waals surface area contributed by atoms with Crippen LogP contribution in [0.5, 0.6) is 0 Å². The first-order chi connectivity index (χ1) is 13.2. The lowest BCUT2D eigenvalue weighted by molar-refractivity contribution is 0.297. The Balaban J connectivity index is 1.59. The summed E-state index contributed by atoms with van der Waals surface area (Å²) in [6.45, 7) is 2.25. The zero-order valence-electron chi connectivity index (χ0n) is 16.6. The summed E-state index contributed by atoms with van der Waals surface area (Å²) in [5.74, 6) is 1.39. The van der Waals surface area contributed by atoms with E-state index in [0.29, 0.717) is 17.9 Å². The van der Waals surface area contributed by atoms with E-state index in [-0.39, 0.29) is 12.4 Å². The summed E-state index contributed by atoms with van der Waals surface area (Å²) in [6.07, 6.45) is 11.2. The zero-order valence-corrected chi connectivity index (χ0v) is 16.6. The van der Waals surface area contributed by atoms with E-state index in [2.05, 4.69) is 31.2 Å². The third-order valence-corrected chi connectivity index (χ3v) is 6.21. The minimum absolute atomic E-state index is 0.0220. The Bertz CT molecular complexity index is 699. The Morgan fingerprint density at radius 2 is 1.63 bits per heavy atom. The third-order valence-electron chi connectivity index (χ3n) is 6.21. The van der Waals surface area contributed by atoms with Gasteiger partial charge in [0.1, 0.15) is 5.82 Å². The monoisotopic (exact) mass is 368 g/mol. The Labute approximate surface area is 163 Å². The van der Waals surface area contributed by atoms with E-state index in [4.69, 9.17) is 5.11 Å². The molecule has 0 aromatic heterocycles. The summed E-state index contributed by atoms with van der Waals surface area (Å²) in [7, 11) is 0. The summed E-state index contributed by atoms with van der Waals surface area (Å²) < 4.78 is 14.1. The van der Waals surface area contributed by atoms with Crippen LogP contribution in [-0.2, 0) is 6.42 Å². The van der Waals surface area contributed by atoms with Gasteiger partial charge in [0.05, 0.1) is 0 Å². The van der Waals surface area contributed by atoms with Gasteiger partial charge in [0.15, 0.2) is 0 Å². The van der Waals surface area contributed by atoms with Crippen LogP contribution in [-0.4, -0.2) is 11.7 Å². The van der Waals surface area contributed by atoms with Crippen LogP contribution >= 0.6 is 0 Å². The fraction of sp³-hybridized carbons (Fsp3) is 0.520. The molecule has 0 heterocycles. The van der Waals surface area contributed by atoms with Crippen molar-refractivity contribution < 1.29 is 9.50 Å². The lowest BCUT2D eigenvalue weighted by Gasteiger charge is -2.29. The molecule has 2 aromatic carbocycles. The van der Waals surface area contributed by atoms with Crippen LogP contribution in [0.25, 0.3) is 11.1 Å². The van der Waals surface area contributed by atoms with Gasteiger partial charge in [-0.3, -0.25) is 0 Å². The summed E-state index contributed by atoms with van der Waals surface area (Å²) >= 11 is 0. The van der Waals surface area contributed by atoms with Crippen LogP contribution in [0.2, 0.25) is 0 Å². The molecule has 1 nitrogen and oxygen atoms in total. The van der Waals surface area contributed by atoms with Crippen LogP contribution in [0, 0.1) is 11.7 Å². The zero-order chi connectivity index (χ0) is 19.1. The number of benzene rings is 2. The Hall–Kier alpha value is -1.67. The summed E-state index contributed by atoms with van der Waals surface area (Å²) in [5, 5.41) is 8.99. The molecule has 2 heteroatoms. The molecule has 0 atom stereocenters. The maximum Gasteiger partial charge on any atom is 0.127 e. The average Bonchev–Trinajstić information content (AvgIpc) is 2.71. The first-order valence-corrected chi connectivity index (χ1v) is 10.7. The summed E-state index contributed by atoms with van der Waals surface area (Å²) in [4.78, 5) is 0. The highest BCUT2D eigenvalue weighted by molar-refractivity contribution is 5.64. The largest absolute Gasteiger partial charge is 0.396 e. The molecule has 146 valence electrons. The van der Waals surface area contributed by atoms with Gasteiger partial charge in [0.2, 0.25) is 0 Å². The van der Waals surface area contributed by atoms with Gasteiger partial charge in [-0.1, -0.05) is 69.0 Å². The molecule has 0 amide bonds. The van der Waals surface area contributed by atoms with Crippen molar-refractivity contribution in [2.75, 3.05) is 6.61 Å². The number of hydrogen-bond donors (Lipinski definition) is 1. The van der Waals surface area contributed by atoms with Crippen molar-refractivity contribution in [3.63, 3.8) is 0 Å². The number of rotatable bonds is 8. The van der Waals surface area contributed by atoms with Crippen LogP contribution < -0.4 is 0 Å². The van der Waals surface area contributed by atoms with Gasteiger partial charge in [-0.15, -0.1) is 0 Å². The van der Waals surface area contributed by atoms with Crippen molar-refractivity contribution in [3.05, 3.63) is 59.4 Å². The molecule has 0 saturated heterocycles. The average molecular weight is 369 g/mol. The molecule has 0 radical (unpaired) electrons. The Kier molecular flexibility index (Phi) is 7.46. The van der Waals surface area contributed by atoms with Gasteiger partial charge in [-0.05, 0) is 72.3 Å². The van der Waals surface area contributed by atoms with Gasteiger partial charge in [-0.25, -0.2) is 4.39 Å². The lowest BCUT2D eigenvalue weighted by atomic mass is 9.77. The lowest BCUT2D eigenvalue weighted by Crippen LogP contribution is -2.13. The molecule has 1 N–H and O–H groups in total. The smallest absolute Gasteiger partial charge is 0.127 e. The number of aliphatic hydroxyl groups is 1. The second kappa shape index (κ2) is 10.0. The Morgan fingerprint density at radius 1 is 0.926 bits per heavy atom. The molecule has 0 spiro atoms. The minimum atomic E-state index is -0.230. The standard InChI is InChI=1S/C25H33FO/c1-2-3-4-5-19-6-8-20(9-7-19)21-10-12-22(13-11-21)24-15-14-23(16-17-27)25(26)18-24/h10-15,18-20,27H,2-9,16-17H2,1H3. The molecule has 27 heavy (non-hydrogen) atoms. The molecule has 0 unspecified atom stereocenters. The molecular weight excluding hydrogens is 335 g/mol. The summed E-state index contributed by atoms with van der Waals surface area (Å²) in [5.41, 5.74) is 3.97. The maximum absolute atomic E-state index is 14.1. The molecule has 0 aliphatic heterocycles. The van der Waals surface area contributed by atoms with Crippen molar-refractivity contribution in [2.45, 2.75) is 70.6 Å². The van der Waals surface area contributed by atoms with Gasteiger partial charge >= 0.3 is 0 Å². The fourth-order valence-electron chi connectivity index (χ4n) is 4.47. The number of unbranched alkanes of at least 4 members (excludes halogenated alkanes) is 2. The Morgan fingerprint density at radius 3 is 2.26 bits per heavy atom. The van der Waals surface area contributed by atoms with E-state index in [1.807, 2.05) is 6.07 Å². The topological polar surface area (TPSA) is 20.2 Å². The molecule has 0 bridgehead atoms. The molecular formula is C25H33FO. The van der Waals surface area contributed by atoms with E-state index in [1.54, 1.807) is 12.1 Å². The first-order valence-electron chi connectivity index (χ1n) is 10.7. The highest BCUT2D eigenvalue weighted by Gasteiger charge is 2.22. The number of hydrogen-bond acceptors (Lipinski definition) is 1. The third kappa shape index (κ3) is 5.42. The second-order valence-corrected chi connectivity index (χ2v) is 8.12. The second-order valence-electron chi connectivity index (χ2n) is 8.12. The van der Waals surface area contributed by atoms with Crippen LogP contribution in [0.3, 0.4) is 0 Å². The van der Waals surface area contributed by atoms with Crippen LogP contribution in [0.4, 0.5) is 4.39 Å². The van der Waals surface area contributed by atoms with Gasteiger partial charge in [0, 0.05) is 6.61 Å². The van der Waals surface area contributed by atoms with Crippen molar-refractivity contribution >= 4 is 0 Å². The van der Waals surface area contributed by atoms with Gasteiger partial charge < -0.3 is 5.11 Å². The highest BCUT2D eigenvalue weighted by atomic mass is 19.1. The van der Waals surface area contributed by atoms with E-state index in [0.717, 1.165) is 17.0 Å². The van der Waals surface area contributed by atoms with Crippen LogP contribution in [0.15, 0.2) is 42.5 Å². The quantitative estimate of drug-likeness (QED) is 0.503. The van der Waals surface area contributed by atoms with Crippen LogP contribution in [0.1, 0.15) is 75.3 Å². The van der Waals surface area contributed by atoms with Gasteiger partial charge in [0.25, 0.3) is 0 Å². The minimum Gasteiger partial charge on any atom is -0.396 e. The molecule has 1 aliphatic carbocycles.